The van der Waals surface area contributed by atoms with Gasteiger partial charge in [-0.15, -0.1) is 0 Å². The SMILES string of the molecule is COc1ccc(CN(C(=O)O)c2ccc(C#N)cc2)cc1. The van der Waals surface area contributed by atoms with Crippen LogP contribution >= 0.6 is 0 Å². The first kappa shape index (κ1) is 14.4. The zero-order valence-electron chi connectivity index (χ0n) is 11.5. The summed E-state index contributed by atoms with van der Waals surface area (Å²) in [6.45, 7) is 0.227. The van der Waals surface area contributed by atoms with Crippen LogP contribution in [0.5, 0.6) is 5.75 Å². The van der Waals surface area contributed by atoms with Crippen molar-refractivity contribution >= 4 is 11.8 Å². The second-order valence-electron chi connectivity index (χ2n) is 4.38. The molecular weight excluding hydrogens is 268 g/mol. The topological polar surface area (TPSA) is 73.6 Å². The van der Waals surface area contributed by atoms with E-state index in [0.717, 1.165) is 11.3 Å². The van der Waals surface area contributed by atoms with Gasteiger partial charge in [0.15, 0.2) is 0 Å². The summed E-state index contributed by atoms with van der Waals surface area (Å²) in [6.07, 6.45) is -1.05. The highest BCUT2D eigenvalue weighted by Gasteiger charge is 2.14. The third-order valence-corrected chi connectivity index (χ3v) is 3.04. The van der Waals surface area contributed by atoms with E-state index in [1.54, 1.807) is 43.5 Å². The number of amides is 1. The Morgan fingerprint density at radius 2 is 1.81 bits per heavy atom. The molecule has 0 spiro atoms. The maximum Gasteiger partial charge on any atom is 0.412 e. The van der Waals surface area contributed by atoms with E-state index in [1.165, 1.54) is 4.90 Å². The van der Waals surface area contributed by atoms with Gasteiger partial charge < -0.3 is 9.84 Å². The van der Waals surface area contributed by atoms with Gasteiger partial charge in [-0.2, -0.15) is 5.26 Å². The number of carboxylic acid groups (broad SMARTS) is 1. The number of ether oxygens (including phenoxy) is 1. The second kappa shape index (κ2) is 6.44. The lowest BCUT2D eigenvalue weighted by molar-refractivity contribution is 0.201. The molecule has 21 heavy (non-hydrogen) atoms. The molecule has 5 nitrogen and oxygen atoms in total. The van der Waals surface area contributed by atoms with E-state index in [4.69, 9.17) is 10.00 Å². The Morgan fingerprint density at radius 1 is 1.19 bits per heavy atom. The van der Waals surface area contributed by atoms with Gasteiger partial charge >= 0.3 is 6.09 Å². The average molecular weight is 282 g/mol. The van der Waals surface area contributed by atoms with Crippen molar-refractivity contribution in [3.05, 3.63) is 59.7 Å². The van der Waals surface area contributed by atoms with E-state index >= 15 is 0 Å². The third kappa shape index (κ3) is 3.51. The van der Waals surface area contributed by atoms with Crippen molar-refractivity contribution in [3.63, 3.8) is 0 Å². The van der Waals surface area contributed by atoms with Crippen LogP contribution in [-0.2, 0) is 6.54 Å². The van der Waals surface area contributed by atoms with Gasteiger partial charge in [-0.1, -0.05) is 12.1 Å². The molecule has 106 valence electrons. The molecule has 2 aromatic carbocycles. The Bertz CT molecular complexity index is 657. The number of nitriles is 1. The highest BCUT2D eigenvalue weighted by molar-refractivity contribution is 5.86. The van der Waals surface area contributed by atoms with Crippen LogP contribution in [0.2, 0.25) is 0 Å². The lowest BCUT2D eigenvalue weighted by Gasteiger charge is -2.19. The standard InChI is InChI=1S/C16H14N2O3/c1-21-15-8-4-13(5-9-15)11-18(16(19)20)14-6-2-12(10-17)3-7-14/h2-9H,11H2,1H3,(H,19,20). The summed E-state index contributed by atoms with van der Waals surface area (Å²) in [5, 5.41) is 18.1. The first-order chi connectivity index (χ1) is 10.1. The van der Waals surface area contributed by atoms with Crippen molar-refractivity contribution in [1.29, 1.82) is 5.26 Å². The van der Waals surface area contributed by atoms with E-state index < -0.39 is 6.09 Å². The number of hydrogen-bond acceptors (Lipinski definition) is 3. The van der Waals surface area contributed by atoms with Crippen LogP contribution in [-0.4, -0.2) is 18.3 Å². The van der Waals surface area contributed by atoms with Crippen molar-refractivity contribution < 1.29 is 14.6 Å². The van der Waals surface area contributed by atoms with Crippen molar-refractivity contribution in [1.82, 2.24) is 0 Å². The zero-order chi connectivity index (χ0) is 15.2. The van der Waals surface area contributed by atoms with Crippen LogP contribution in [0, 0.1) is 11.3 Å². The highest BCUT2D eigenvalue weighted by Crippen LogP contribution is 2.19. The van der Waals surface area contributed by atoms with Gasteiger partial charge in [0.05, 0.1) is 25.3 Å². The Morgan fingerprint density at radius 3 is 2.29 bits per heavy atom. The fourth-order valence-electron chi connectivity index (χ4n) is 1.90. The maximum atomic E-state index is 11.4. The average Bonchev–Trinajstić information content (AvgIpc) is 2.53. The minimum Gasteiger partial charge on any atom is -0.497 e. The number of hydrogen-bond donors (Lipinski definition) is 1. The minimum absolute atomic E-state index is 0.227. The van der Waals surface area contributed by atoms with E-state index in [2.05, 4.69) is 0 Å². The van der Waals surface area contributed by atoms with Crippen molar-refractivity contribution in [3.8, 4) is 11.8 Å². The Kier molecular flexibility index (Phi) is 4.42. The molecular formula is C16H14N2O3. The first-order valence-corrected chi connectivity index (χ1v) is 6.27. The van der Waals surface area contributed by atoms with E-state index in [-0.39, 0.29) is 6.54 Å². The smallest absolute Gasteiger partial charge is 0.412 e. The van der Waals surface area contributed by atoms with Crippen LogP contribution in [0.25, 0.3) is 0 Å². The number of carbonyl (C=O) groups is 1. The lowest BCUT2D eigenvalue weighted by atomic mass is 10.1. The number of anilines is 1. The fraction of sp³-hybridized carbons (Fsp3) is 0.125. The molecule has 2 rings (SSSR count). The molecule has 0 aromatic heterocycles. The molecule has 1 N–H and O–H groups in total. The predicted molar refractivity (Wildman–Crippen MR) is 78.4 cm³/mol. The van der Waals surface area contributed by atoms with Gasteiger partial charge in [-0.05, 0) is 42.0 Å². The van der Waals surface area contributed by atoms with Crippen molar-refractivity contribution in [2.75, 3.05) is 12.0 Å². The molecule has 0 aliphatic heterocycles. The van der Waals surface area contributed by atoms with Gasteiger partial charge in [0, 0.05) is 5.69 Å². The van der Waals surface area contributed by atoms with Crippen LogP contribution < -0.4 is 9.64 Å². The van der Waals surface area contributed by atoms with E-state index in [9.17, 15) is 9.90 Å². The van der Waals surface area contributed by atoms with E-state index in [1.807, 2.05) is 18.2 Å². The molecule has 0 aliphatic rings. The molecule has 0 bridgehead atoms. The summed E-state index contributed by atoms with van der Waals surface area (Å²) in [6, 6.07) is 15.6. The molecule has 0 radical (unpaired) electrons. The summed E-state index contributed by atoms with van der Waals surface area (Å²) in [4.78, 5) is 12.6. The van der Waals surface area contributed by atoms with Crippen LogP contribution in [0.4, 0.5) is 10.5 Å². The molecule has 2 aromatic rings. The summed E-state index contributed by atoms with van der Waals surface area (Å²) in [7, 11) is 1.58. The Balaban J connectivity index is 2.22. The molecule has 0 atom stereocenters. The molecule has 0 saturated carbocycles. The minimum atomic E-state index is -1.05. The van der Waals surface area contributed by atoms with Gasteiger partial charge in [-0.25, -0.2) is 4.79 Å². The Labute approximate surface area is 122 Å². The molecule has 0 heterocycles. The number of methoxy groups -OCH3 is 1. The second-order valence-corrected chi connectivity index (χ2v) is 4.38. The van der Waals surface area contributed by atoms with E-state index in [0.29, 0.717) is 11.3 Å². The third-order valence-electron chi connectivity index (χ3n) is 3.04. The van der Waals surface area contributed by atoms with Gasteiger partial charge in [0.25, 0.3) is 0 Å². The summed E-state index contributed by atoms with van der Waals surface area (Å²) in [5.74, 6) is 0.721. The van der Waals surface area contributed by atoms with Gasteiger partial charge in [0.2, 0.25) is 0 Å². The number of nitrogens with zero attached hydrogens (tertiary/aromatic N) is 2. The molecule has 0 fully saturated rings. The zero-order valence-corrected chi connectivity index (χ0v) is 11.5. The monoisotopic (exact) mass is 282 g/mol. The number of benzene rings is 2. The largest absolute Gasteiger partial charge is 0.497 e. The summed E-state index contributed by atoms with van der Waals surface area (Å²) in [5.41, 5.74) is 1.87. The quantitative estimate of drug-likeness (QED) is 0.934. The maximum absolute atomic E-state index is 11.4. The van der Waals surface area contributed by atoms with Crippen LogP contribution in [0.3, 0.4) is 0 Å². The highest BCUT2D eigenvalue weighted by atomic mass is 16.5. The van der Waals surface area contributed by atoms with Gasteiger partial charge in [0.1, 0.15) is 5.75 Å². The normalized spacial score (nSPS) is 9.71. The molecule has 5 heteroatoms. The van der Waals surface area contributed by atoms with Crippen LogP contribution in [0.15, 0.2) is 48.5 Å². The number of rotatable bonds is 4. The molecule has 0 unspecified atom stereocenters. The summed E-state index contributed by atoms with van der Waals surface area (Å²) >= 11 is 0. The molecule has 0 saturated heterocycles. The predicted octanol–water partition coefficient (Wildman–Crippen LogP) is 3.25. The van der Waals surface area contributed by atoms with Crippen molar-refractivity contribution in [2.24, 2.45) is 0 Å². The molecule has 0 aliphatic carbocycles. The van der Waals surface area contributed by atoms with Gasteiger partial charge in [-0.3, -0.25) is 4.90 Å². The first-order valence-electron chi connectivity index (χ1n) is 6.27. The Hall–Kier alpha value is -3.00. The lowest BCUT2D eigenvalue weighted by Crippen LogP contribution is -2.28. The molecule has 1 amide bonds. The van der Waals surface area contributed by atoms with Crippen LogP contribution in [0.1, 0.15) is 11.1 Å². The fourth-order valence-corrected chi connectivity index (χ4v) is 1.90. The summed E-state index contributed by atoms with van der Waals surface area (Å²) < 4.78 is 5.07. The van der Waals surface area contributed by atoms with Crippen molar-refractivity contribution in [2.45, 2.75) is 6.54 Å².